The third-order valence-corrected chi connectivity index (χ3v) is 5.17. The number of aromatic nitrogens is 2. The molecule has 2 aliphatic heterocycles. The number of rotatable bonds is 3. The molecule has 144 valence electrons. The average molecular weight is 380 g/mol. The van der Waals surface area contributed by atoms with Gasteiger partial charge in [-0.15, -0.1) is 10.2 Å². The van der Waals surface area contributed by atoms with Gasteiger partial charge in [-0.25, -0.2) is 0 Å². The zero-order valence-corrected chi connectivity index (χ0v) is 14.6. The zero-order valence-electron chi connectivity index (χ0n) is 14.6. The molecule has 1 aromatic carbocycles. The number of carbonyl (C=O) groups excluding carboxylic acids is 1. The summed E-state index contributed by atoms with van der Waals surface area (Å²) >= 11 is 0. The number of fused-ring (bicyclic) bond motifs is 1. The molecular formula is C18H19F3N4O2. The molecule has 0 aliphatic carbocycles. The number of hydrogen-bond donors (Lipinski definition) is 0. The highest BCUT2D eigenvalue weighted by atomic mass is 19.4. The fourth-order valence-electron chi connectivity index (χ4n) is 3.73. The van der Waals surface area contributed by atoms with E-state index in [-0.39, 0.29) is 17.7 Å². The fraction of sp³-hybridized carbons (Fsp3) is 0.500. The molecule has 6 nitrogen and oxygen atoms in total. The van der Waals surface area contributed by atoms with Crippen molar-refractivity contribution < 1.29 is 22.4 Å². The number of carbonyl (C=O) groups is 1. The van der Waals surface area contributed by atoms with Crippen LogP contribution in [0, 0.1) is 0 Å². The molecule has 9 heteroatoms. The summed E-state index contributed by atoms with van der Waals surface area (Å²) in [6.45, 7) is 2.21. The lowest BCUT2D eigenvalue weighted by molar-refractivity contribution is -0.157. The highest BCUT2D eigenvalue weighted by Gasteiger charge is 2.39. The van der Waals surface area contributed by atoms with Gasteiger partial charge in [0.2, 0.25) is 11.8 Å². The van der Waals surface area contributed by atoms with Gasteiger partial charge in [0.15, 0.2) is 0 Å². The number of amides is 1. The first-order valence-corrected chi connectivity index (χ1v) is 8.93. The first-order chi connectivity index (χ1) is 12.9. The topological polar surface area (TPSA) is 62.5 Å². The van der Waals surface area contributed by atoms with Crippen LogP contribution in [0.15, 0.2) is 28.7 Å². The SMILES string of the molecule is O=C(CN1CCC(c2nnc(C(F)(F)F)o2)CC1)N1CCc2ccccc21. The average Bonchev–Trinajstić information content (AvgIpc) is 3.29. The Balaban J connectivity index is 1.32. The van der Waals surface area contributed by atoms with E-state index in [9.17, 15) is 18.0 Å². The lowest BCUT2D eigenvalue weighted by atomic mass is 9.97. The van der Waals surface area contributed by atoms with Crippen molar-refractivity contribution in [2.75, 3.05) is 31.1 Å². The van der Waals surface area contributed by atoms with E-state index in [1.54, 1.807) is 0 Å². The summed E-state index contributed by atoms with van der Waals surface area (Å²) in [5.74, 6) is -1.42. The number of anilines is 1. The maximum absolute atomic E-state index is 12.7. The Morgan fingerprint density at radius 1 is 1.15 bits per heavy atom. The Hall–Kier alpha value is -2.42. The molecule has 27 heavy (non-hydrogen) atoms. The van der Waals surface area contributed by atoms with Gasteiger partial charge in [-0.3, -0.25) is 9.69 Å². The van der Waals surface area contributed by atoms with E-state index in [0.29, 0.717) is 39.0 Å². The minimum Gasteiger partial charge on any atom is -0.417 e. The minimum atomic E-state index is -4.62. The predicted molar refractivity (Wildman–Crippen MR) is 90.2 cm³/mol. The first kappa shape index (κ1) is 18.0. The molecular weight excluding hydrogens is 361 g/mol. The quantitative estimate of drug-likeness (QED) is 0.820. The summed E-state index contributed by atoms with van der Waals surface area (Å²) in [5, 5.41) is 6.64. The Labute approximate surface area is 154 Å². The normalized spacial score (nSPS) is 18.7. The Bertz CT molecular complexity index is 828. The number of piperidine rings is 1. The molecule has 0 spiro atoms. The number of nitrogens with zero attached hydrogens (tertiary/aromatic N) is 4. The third kappa shape index (κ3) is 3.69. The van der Waals surface area contributed by atoms with Crippen molar-refractivity contribution in [2.24, 2.45) is 0 Å². The molecule has 0 saturated carbocycles. The van der Waals surface area contributed by atoms with Crippen LogP contribution in [0.25, 0.3) is 0 Å². The van der Waals surface area contributed by atoms with Gasteiger partial charge in [-0.1, -0.05) is 18.2 Å². The molecule has 1 fully saturated rings. The van der Waals surface area contributed by atoms with Crippen molar-refractivity contribution in [3.63, 3.8) is 0 Å². The number of para-hydroxylation sites is 1. The van der Waals surface area contributed by atoms with Crippen LogP contribution < -0.4 is 4.90 Å². The number of alkyl halides is 3. The van der Waals surface area contributed by atoms with Crippen LogP contribution in [0.4, 0.5) is 18.9 Å². The number of benzene rings is 1. The van der Waals surface area contributed by atoms with Crippen LogP contribution >= 0.6 is 0 Å². The van der Waals surface area contributed by atoms with Crippen LogP contribution in [-0.2, 0) is 17.4 Å². The van der Waals surface area contributed by atoms with Gasteiger partial charge < -0.3 is 9.32 Å². The molecule has 1 aromatic heterocycles. The molecule has 1 saturated heterocycles. The largest absolute Gasteiger partial charge is 0.470 e. The summed E-state index contributed by atoms with van der Waals surface area (Å²) < 4.78 is 42.5. The Kier molecular flexibility index (Phi) is 4.63. The summed E-state index contributed by atoms with van der Waals surface area (Å²) in [5.41, 5.74) is 2.16. The molecule has 3 heterocycles. The molecule has 0 bridgehead atoms. The summed E-state index contributed by atoms with van der Waals surface area (Å²) in [6.07, 6.45) is -2.58. The van der Waals surface area contributed by atoms with Gasteiger partial charge in [0.05, 0.1) is 6.54 Å². The van der Waals surface area contributed by atoms with Crippen LogP contribution in [0.5, 0.6) is 0 Å². The minimum absolute atomic E-state index is 0.0294. The maximum atomic E-state index is 12.7. The van der Waals surface area contributed by atoms with Crippen molar-refractivity contribution in [1.29, 1.82) is 0 Å². The summed E-state index contributed by atoms with van der Waals surface area (Å²) in [6, 6.07) is 7.89. The predicted octanol–water partition coefficient (Wildman–Crippen LogP) is 2.86. The maximum Gasteiger partial charge on any atom is 0.470 e. The van der Waals surface area contributed by atoms with Gasteiger partial charge in [0, 0.05) is 18.2 Å². The van der Waals surface area contributed by atoms with Gasteiger partial charge in [-0.2, -0.15) is 13.2 Å². The van der Waals surface area contributed by atoms with Crippen molar-refractivity contribution in [1.82, 2.24) is 15.1 Å². The van der Waals surface area contributed by atoms with Crippen molar-refractivity contribution in [2.45, 2.75) is 31.4 Å². The lowest BCUT2D eigenvalue weighted by Gasteiger charge is -2.31. The van der Waals surface area contributed by atoms with Crippen molar-refractivity contribution >= 4 is 11.6 Å². The fourth-order valence-corrected chi connectivity index (χ4v) is 3.73. The third-order valence-electron chi connectivity index (χ3n) is 5.17. The van der Waals surface area contributed by atoms with Gasteiger partial charge in [0.25, 0.3) is 0 Å². The molecule has 0 N–H and O–H groups in total. The molecule has 0 atom stereocenters. The van der Waals surface area contributed by atoms with Crippen LogP contribution in [0.1, 0.15) is 36.1 Å². The van der Waals surface area contributed by atoms with Gasteiger partial charge in [0.1, 0.15) is 0 Å². The van der Waals surface area contributed by atoms with Crippen molar-refractivity contribution in [3.8, 4) is 0 Å². The lowest BCUT2D eigenvalue weighted by Crippen LogP contribution is -2.42. The molecule has 4 rings (SSSR count). The Morgan fingerprint density at radius 2 is 1.89 bits per heavy atom. The van der Waals surface area contributed by atoms with E-state index in [0.717, 1.165) is 12.1 Å². The van der Waals surface area contributed by atoms with Crippen LogP contribution in [0.3, 0.4) is 0 Å². The van der Waals surface area contributed by atoms with E-state index in [4.69, 9.17) is 4.42 Å². The smallest absolute Gasteiger partial charge is 0.417 e. The van der Waals surface area contributed by atoms with Crippen LogP contribution in [-0.4, -0.2) is 47.2 Å². The van der Waals surface area contributed by atoms with Gasteiger partial charge >= 0.3 is 12.1 Å². The zero-order chi connectivity index (χ0) is 19.0. The molecule has 0 unspecified atom stereocenters. The van der Waals surface area contributed by atoms with E-state index < -0.39 is 12.1 Å². The molecule has 2 aromatic rings. The monoisotopic (exact) mass is 380 g/mol. The molecule has 0 radical (unpaired) electrons. The molecule has 1 amide bonds. The number of likely N-dealkylation sites (tertiary alicyclic amines) is 1. The number of halogens is 3. The standard InChI is InChI=1S/C18H19F3N4O2/c19-18(20,21)17-23-22-16(27-17)13-5-8-24(9-6-13)11-15(26)25-10-7-12-3-1-2-4-14(12)25/h1-4,13H,5-11H2. The second-order valence-electron chi connectivity index (χ2n) is 6.92. The second-order valence-corrected chi connectivity index (χ2v) is 6.92. The van der Waals surface area contributed by atoms with E-state index in [1.807, 2.05) is 34.1 Å². The first-order valence-electron chi connectivity index (χ1n) is 8.93. The highest BCUT2D eigenvalue weighted by molar-refractivity contribution is 5.96. The molecule has 2 aliphatic rings. The highest BCUT2D eigenvalue weighted by Crippen LogP contribution is 2.33. The van der Waals surface area contributed by atoms with Crippen molar-refractivity contribution in [3.05, 3.63) is 41.6 Å². The summed E-state index contributed by atoms with van der Waals surface area (Å²) in [7, 11) is 0. The Morgan fingerprint density at radius 3 is 2.59 bits per heavy atom. The van der Waals surface area contributed by atoms with Crippen LogP contribution in [0.2, 0.25) is 0 Å². The van der Waals surface area contributed by atoms with E-state index in [1.165, 1.54) is 5.56 Å². The summed E-state index contributed by atoms with van der Waals surface area (Å²) in [4.78, 5) is 16.5. The van der Waals surface area contributed by atoms with E-state index >= 15 is 0 Å². The second kappa shape index (κ2) is 6.95. The van der Waals surface area contributed by atoms with E-state index in [2.05, 4.69) is 10.2 Å². The number of hydrogen-bond acceptors (Lipinski definition) is 5. The van der Waals surface area contributed by atoms with Gasteiger partial charge in [-0.05, 0) is 44.0 Å².